The molecule has 1 aliphatic rings. The van der Waals surface area contributed by atoms with Crippen LogP contribution in [0.3, 0.4) is 0 Å². The molecular formula is C12H14N6O3. The van der Waals surface area contributed by atoms with Crippen molar-refractivity contribution >= 4 is 17.5 Å². The van der Waals surface area contributed by atoms with Gasteiger partial charge in [0.25, 0.3) is 5.91 Å². The van der Waals surface area contributed by atoms with Crippen LogP contribution < -0.4 is 10.2 Å². The molecule has 0 radical (unpaired) electrons. The van der Waals surface area contributed by atoms with Gasteiger partial charge in [0.2, 0.25) is 5.82 Å². The van der Waals surface area contributed by atoms with Crippen molar-refractivity contribution in [3.05, 3.63) is 23.5 Å². The third kappa shape index (κ3) is 2.97. The third-order valence-electron chi connectivity index (χ3n) is 3.10. The number of hydrogen-bond donors (Lipinski definition) is 1. The Labute approximate surface area is 120 Å². The molecule has 1 saturated heterocycles. The van der Waals surface area contributed by atoms with E-state index in [1.165, 1.54) is 0 Å². The number of rotatable bonds is 3. The van der Waals surface area contributed by atoms with E-state index >= 15 is 0 Å². The lowest BCUT2D eigenvalue weighted by atomic mass is 10.3. The summed E-state index contributed by atoms with van der Waals surface area (Å²) in [5, 5.41) is 17.7. The molecule has 0 spiro atoms. The van der Waals surface area contributed by atoms with Gasteiger partial charge in [0.1, 0.15) is 5.69 Å². The van der Waals surface area contributed by atoms with Crippen LogP contribution in [0.25, 0.3) is 0 Å². The highest BCUT2D eigenvalue weighted by Crippen LogP contribution is 2.13. The van der Waals surface area contributed by atoms with E-state index in [4.69, 9.17) is 4.74 Å². The zero-order valence-electron chi connectivity index (χ0n) is 11.4. The molecule has 3 rings (SSSR count). The number of carbonyl (C=O) groups is 1. The number of hydrogen-bond acceptors (Lipinski definition) is 8. The first-order valence-electron chi connectivity index (χ1n) is 6.51. The van der Waals surface area contributed by atoms with Crippen LogP contribution in [0, 0.1) is 6.92 Å². The SMILES string of the molecule is Cc1nonc1NC(=O)c1ccc(N2CCOCC2)nn1. The predicted octanol–water partition coefficient (Wildman–Crippen LogP) is 0.257. The van der Waals surface area contributed by atoms with Crippen LogP contribution in [0.1, 0.15) is 16.2 Å². The molecular weight excluding hydrogens is 276 g/mol. The Morgan fingerprint density at radius 1 is 1.24 bits per heavy atom. The molecule has 9 heteroatoms. The fraction of sp³-hybridized carbons (Fsp3) is 0.417. The second kappa shape index (κ2) is 5.83. The lowest BCUT2D eigenvalue weighted by molar-refractivity contribution is 0.102. The van der Waals surface area contributed by atoms with E-state index in [0.29, 0.717) is 18.9 Å². The van der Waals surface area contributed by atoms with Gasteiger partial charge in [-0.05, 0) is 24.2 Å². The van der Waals surface area contributed by atoms with Crippen LogP contribution in [0.15, 0.2) is 16.8 Å². The summed E-state index contributed by atoms with van der Waals surface area (Å²) in [6.07, 6.45) is 0. The van der Waals surface area contributed by atoms with Crippen molar-refractivity contribution in [2.45, 2.75) is 6.92 Å². The van der Waals surface area contributed by atoms with E-state index < -0.39 is 5.91 Å². The molecule has 0 unspecified atom stereocenters. The largest absolute Gasteiger partial charge is 0.378 e. The van der Waals surface area contributed by atoms with Crippen LogP contribution in [0.5, 0.6) is 0 Å². The first kappa shape index (κ1) is 13.4. The maximum absolute atomic E-state index is 12.0. The number of ether oxygens (including phenoxy) is 1. The molecule has 2 aromatic rings. The van der Waals surface area contributed by atoms with E-state index in [2.05, 4.69) is 35.4 Å². The minimum atomic E-state index is -0.408. The number of nitrogens with zero attached hydrogens (tertiary/aromatic N) is 5. The van der Waals surface area contributed by atoms with Gasteiger partial charge in [-0.15, -0.1) is 10.2 Å². The van der Waals surface area contributed by atoms with Gasteiger partial charge in [-0.1, -0.05) is 5.16 Å². The molecule has 3 heterocycles. The molecule has 1 aliphatic heterocycles. The number of aryl methyl sites for hydroxylation is 1. The Bertz CT molecular complexity index is 620. The highest BCUT2D eigenvalue weighted by molar-refractivity contribution is 6.02. The average Bonchev–Trinajstić information content (AvgIpc) is 2.93. The quantitative estimate of drug-likeness (QED) is 0.857. The zero-order valence-corrected chi connectivity index (χ0v) is 11.4. The molecule has 1 fully saturated rings. The first-order valence-corrected chi connectivity index (χ1v) is 6.51. The summed E-state index contributed by atoms with van der Waals surface area (Å²) in [5.41, 5.74) is 0.704. The maximum atomic E-state index is 12.0. The molecule has 21 heavy (non-hydrogen) atoms. The Morgan fingerprint density at radius 2 is 2.05 bits per heavy atom. The number of carbonyl (C=O) groups excluding carboxylic acids is 1. The van der Waals surface area contributed by atoms with Crippen molar-refractivity contribution in [3.63, 3.8) is 0 Å². The van der Waals surface area contributed by atoms with E-state index in [9.17, 15) is 4.79 Å². The predicted molar refractivity (Wildman–Crippen MR) is 72.1 cm³/mol. The van der Waals surface area contributed by atoms with Crippen molar-refractivity contribution in [3.8, 4) is 0 Å². The van der Waals surface area contributed by atoms with E-state index in [-0.39, 0.29) is 11.5 Å². The molecule has 0 aliphatic carbocycles. The van der Waals surface area contributed by atoms with E-state index in [1.807, 2.05) is 0 Å². The number of anilines is 2. The molecule has 1 N–H and O–H groups in total. The third-order valence-corrected chi connectivity index (χ3v) is 3.10. The van der Waals surface area contributed by atoms with Gasteiger partial charge >= 0.3 is 0 Å². The van der Waals surface area contributed by atoms with Crippen LogP contribution in [-0.2, 0) is 4.74 Å². The van der Waals surface area contributed by atoms with Gasteiger partial charge < -0.3 is 15.0 Å². The average molecular weight is 290 g/mol. The van der Waals surface area contributed by atoms with Gasteiger partial charge in [-0.25, -0.2) is 4.63 Å². The van der Waals surface area contributed by atoms with Crippen molar-refractivity contribution in [2.75, 3.05) is 36.5 Å². The summed E-state index contributed by atoms with van der Waals surface area (Å²) in [7, 11) is 0. The first-order chi connectivity index (χ1) is 10.2. The molecule has 110 valence electrons. The number of amides is 1. The van der Waals surface area contributed by atoms with Crippen molar-refractivity contribution in [1.82, 2.24) is 20.5 Å². The van der Waals surface area contributed by atoms with Crippen LogP contribution in [-0.4, -0.2) is 52.7 Å². The molecule has 1 amide bonds. The van der Waals surface area contributed by atoms with Gasteiger partial charge in [0, 0.05) is 13.1 Å². The molecule has 0 bridgehead atoms. The van der Waals surface area contributed by atoms with Crippen LogP contribution >= 0.6 is 0 Å². The van der Waals surface area contributed by atoms with Gasteiger partial charge in [-0.3, -0.25) is 4.79 Å². The summed E-state index contributed by atoms with van der Waals surface area (Å²) >= 11 is 0. The normalized spacial score (nSPS) is 15.0. The van der Waals surface area contributed by atoms with Gasteiger partial charge in [0.05, 0.1) is 13.2 Å². The molecule has 0 aromatic carbocycles. The van der Waals surface area contributed by atoms with Crippen LogP contribution in [0.2, 0.25) is 0 Å². The number of aromatic nitrogens is 4. The molecule has 9 nitrogen and oxygen atoms in total. The summed E-state index contributed by atoms with van der Waals surface area (Å²) in [6, 6.07) is 3.39. The number of morpholine rings is 1. The second-order valence-electron chi connectivity index (χ2n) is 4.53. The van der Waals surface area contributed by atoms with E-state index in [0.717, 1.165) is 18.9 Å². The Kier molecular flexibility index (Phi) is 3.73. The Balaban J connectivity index is 1.68. The standard InChI is InChI=1S/C12H14N6O3/c1-8-11(17-21-16-8)13-12(19)9-2-3-10(15-14-9)18-4-6-20-7-5-18/h2-3H,4-7H2,1H3,(H,13,17,19). The minimum Gasteiger partial charge on any atom is -0.378 e. The lowest BCUT2D eigenvalue weighted by Gasteiger charge is -2.27. The monoisotopic (exact) mass is 290 g/mol. The second-order valence-corrected chi connectivity index (χ2v) is 4.53. The zero-order chi connectivity index (χ0) is 14.7. The topological polar surface area (TPSA) is 106 Å². The summed E-state index contributed by atoms with van der Waals surface area (Å²) in [5.74, 6) is 0.600. The van der Waals surface area contributed by atoms with E-state index in [1.54, 1.807) is 19.1 Å². The smallest absolute Gasteiger partial charge is 0.277 e. The number of nitrogens with one attached hydrogen (secondary N) is 1. The fourth-order valence-electron chi connectivity index (χ4n) is 1.92. The minimum absolute atomic E-state index is 0.203. The summed E-state index contributed by atoms with van der Waals surface area (Å²) in [4.78, 5) is 14.1. The summed E-state index contributed by atoms with van der Waals surface area (Å²) < 4.78 is 9.79. The summed E-state index contributed by atoms with van der Waals surface area (Å²) in [6.45, 7) is 4.55. The van der Waals surface area contributed by atoms with Gasteiger partial charge in [0.15, 0.2) is 11.5 Å². The maximum Gasteiger partial charge on any atom is 0.277 e. The Hall–Kier alpha value is -2.55. The van der Waals surface area contributed by atoms with Crippen molar-refractivity contribution in [2.24, 2.45) is 0 Å². The van der Waals surface area contributed by atoms with Crippen molar-refractivity contribution in [1.29, 1.82) is 0 Å². The fourth-order valence-corrected chi connectivity index (χ4v) is 1.92. The van der Waals surface area contributed by atoms with Crippen molar-refractivity contribution < 1.29 is 14.2 Å². The van der Waals surface area contributed by atoms with Crippen LogP contribution in [0.4, 0.5) is 11.6 Å². The van der Waals surface area contributed by atoms with Gasteiger partial charge in [-0.2, -0.15) is 0 Å². The molecule has 2 aromatic heterocycles. The molecule has 0 saturated carbocycles. The lowest BCUT2D eigenvalue weighted by Crippen LogP contribution is -2.37. The Morgan fingerprint density at radius 3 is 2.67 bits per heavy atom. The highest BCUT2D eigenvalue weighted by atomic mass is 16.6. The highest BCUT2D eigenvalue weighted by Gasteiger charge is 2.16. The molecule has 0 atom stereocenters.